The lowest BCUT2D eigenvalue weighted by Gasteiger charge is -2.23. The zero-order chi connectivity index (χ0) is 19.7. The highest BCUT2D eigenvalue weighted by Gasteiger charge is 2.33. The first-order chi connectivity index (χ1) is 13.4. The maximum atomic E-state index is 12.8. The molecular weight excluding hydrogens is 376 g/mol. The molecule has 144 valence electrons. The van der Waals surface area contributed by atoms with Crippen LogP contribution in [0.15, 0.2) is 54.9 Å². The molecule has 0 bridgehead atoms. The molecule has 3 heterocycles. The molecule has 0 saturated carbocycles. The number of nitrogens with one attached hydrogen (secondary N) is 1. The molecule has 1 unspecified atom stereocenters. The van der Waals surface area contributed by atoms with Crippen LogP contribution in [0.2, 0.25) is 0 Å². The van der Waals surface area contributed by atoms with Gasteiger partial charge in [0.1, 0.15) is 5.69 Å². The van der Waals surface area contributed by atoms with Crippen LogP contribution >= 0.6 is 0 Å². The van der Waals surface area contributed by atoms with Crippen molar-refractivity contribution < 1.29 is 13.2 Å². The minimum atomic E-state index is -3.06. The van der Waals surface area contributed by atoms with Gasteiger partial charge < -0.3 is 10.2 Å². The first kappa shape index (κ1) is 18.4. The third-order valence-corrected chi connectivity index (χ3v) is 6.72. The monoisotopic (exact) mass is 396 g/mol. The molecule has 0 aliphatic carbocycles. The lowest BCUT2D eigenvalue weighted by atomic mass is 10.2. The Bertz CT molecular complexity index is 1140. The number of carbonyl (C=O) groups excluding carboxylic acids is 1. The summed E-state index contributed by atoms with van der Waals surface area (Å²) < 4.78 is 23.4. The molecule has 3 aromatic rings. The summed E-state index contributed by atoms with van der Waals surface area (Å²) in [6.45, 7) is 0. The molecule has 0 radical (unpaired) electrons. The first-order valence-corrected chi connectivity index (χ1v) is 10.8. The zero-order valence-corrected chi connectivity index (χ0v) is 16.2. The summed E-state index contributed by atoms with van der Waals surface area (Å²) in [5.41, 5.74) is 2.65. The number of fused-ring (bicyclic) bond motifs is 1. The predicted molar refractivity (Wildman–Crippen MR) is 108 cm³/mol. The van der Waals surface area contributed by atoms with E-state index in [2.05, 4.69) is 15.3 Å². The van der Waals surface area contributed by atoms with Gasteiger partial charge in [0.2, 0.25) is 0 Å². The molecule has 1 aliphatic heterocycles. The molecule has 4 rings (SSSR count). The summed E-state index contributed by atoms with van der Waals surface area (Å²) in [7, 11) is -1.43. The van der Waals surface area contributed by atoms with Crippen LogP contribution in [-0.2, 0) is 9.84 Å². The molecule has 1 amide bonds. The Kier molecular flexibility index (Phi) is 4.72. The van der Waals surface area contributed by atoms with Gasteiger partial charge in [-0.1, -0.05) is 18.2 Å². The van der Waals surface area contributed by atoms with E-state index in [1.807, 2.05) is 30.3 Å². The Hall–Kier alpha value is -3.00. The number of benzene rings is 1. The van der Waals surface area contributed by atoms with E-state index < -0.39 is 9.84 Å². The highest BCUT2D eigenvalue weighted by atomic mass is 32.2. The number of amides is 1. The molecule has 28 heavy (non-hydrogen) atoms. The molecule has 7 nitrogen and oxygen atoms in total. The maximum Gasteiger partial charge on any atom is 0.272 e. The van der Waals surface area contributed by atoms with Crippen LogP contribution in [0, 0.1) is 0 Å². The zero-order valence-electron chi connectivity index (χ0n) is 15.4. The number of nitrogens with zero attached hydrogens (tertiary/aromatic N) is 3. The second-order valence-electron chi connectivity index (χ2n) is 6.91. The highest BCUT2D eigenvalue weighted by Crippen LogP contribution is 2.25. The van der Waals surface area contributed by atoms with Crippen LogP contribution < -0.4 is 5.32 Å². The van der Waals surface area contributed by atoms with Gasteiger partial charge in [-0.05, 0) is 30.7 Å². The van der Waals surface area contributed by atoms with E-state index in [4.69, 9.17) is 0 Å². The fourth-order valence-electron chi connectivity index (χ4n) is 3.41. The smallest absolute Gasteiger partial charge is 0.272 e. The average Bonchev–Trinajstić information content (AvgIpc) is 3.07. The fraction of sp³-hybridized carbons (Fsp3) is 0.250. The van der Waals surface area contributed by atoms with Gasteiger partial charge in [0.05, 0.1) is 22.7 Å². The van der Waals surface area contributed by atoms with Crippen molar-refractivity contribution in [3.63, 3.8) is 0 Å². The molecule has 1 N–H and O–H groups in total. The molecule has 1 atom stereocenters. The van der Waals surface area contributed by atoms with E-state index in [0.29, 0.717) is 12.1 Å². The van der Waals surface area contributed by atoms with Gasteiger partial charge in [0.15, 0.2) is 9.84 Å². The summed E-state index contributed by atoms with van der Waals surface area (Å²) in [5.74, 6) is -0.158. The minimum Gasteiger partial charge on any atom is -0.354 e. The van der Waals surface area contributed by atoms with Gasteiger partial charge in [-0.25, -0.2) is 8.42 Å². The summed E-state index contributed by atoms with van der Waals surface area (Å²) in [5, 5.41) is 4.31. The number of pyridine rings is 2. The van der Waals surface area contributed by atoms with Crippen LogP contribution in [0.1, 0.15) is 16.9 Å². The van der Waals surface area contributed by atoms with E-state index in [0.717, 1.165) is 16.6 Å². The second kappa shape index (κ2) is 7.20. The van der Waals surface area contributed by atoms with Crippen molar-refractivity contribution in [3.05, 3.63) is 60.6 Å². The normalized spacial score (nSPS) is 18.1. The van der Waals surface area contributed by atoms with Crippen LogP contribution in [0.5, 0.6) is 0 Å². The molecule has 8 heteroatoms. The molecular formula is C20H20N4O3S. The van der Waals surface area contributed by atoms with E-state index in [9.17, 15) is 13.2 Å². The van der Waals surface area contributed by atoms with Crippen molar-refractivity contribution in [1.29, 1.82) is 0 Å². The number of sulfone groups is 1. The molecule has 0 spiro atoms. The minimum absolute atomic E-state index is 0.00878. The Morgan fingerprint density at radius 2 is 1.96 bits per heavy atom. The summed E-state index contributed by atoms with van der Waals surface area (Å²) in [6.07, 6.45) is 3.76. The fourth-order valence-corrected chi connectivity index (χ4v) is 5.19. The summed E-state index contributed by atoms with van der Waals surface area (Å²) >= 11 is 0. The summed E-state index contributed by atoms with van der Waals surface area (Å²) in [6, 6.07) is 12.9. The standard InChI is InChI=1S/C20H20N4O3S/c1-24(16-8-11-28(26,27)13-16)20(25)18-12-15(7-10-21-18)23-17-6-2-4-14-5-3-9-22-19(14)17/h2-7,9-10,12,16H,8,11,13H2,1H3,(H,21,23). The van der Waals surface area contributed by atoms with E-state index >= 15 is 0 Å². The number of carbonyl (C=O) groups is 1. The lowest BCUT2D eigenvalue weighted by Crippen LogP contribution is -2.38. The lowest BCUT2D eigenvalue weighted by molar-refractivity contribution is 0.0742. The van der Waals surface area contributed by atoms with Crippen LogP contribution in [0.25, 0.3) is 10.9 Å². The molecule has 2 aromatic heterocycles. The SMILES string of the molecule is CN(C(=O)c1cc(Nc2cccc3cccnc23)ccn1)C1CCS(=O)(=O)C1. The van der Waals surface area contributed by atoms with Crippen molar-refractivity contribution in [2.75, 3.05) is 23.9 Å². The van der Waals surface area contributed by atoms with Crippen LogP contribution in [0.4, 0.5) is 11.4 Å². The molecule has 1 fully saturated rings. The van der Waals surface area contributed by atoms with E-state index in [-0.39, 0.29) is 29.1 Å². The Morgan fingerprint density at radius 1 is 1.14 bits per heavy atom. The predicted octanol–water partition coefficient (Wildman–Crippen LogP) is 2.63. The van der Waals surface area contributed by atoms with Crippen molar-refractivity contribution in [2.24, 2.45) is 0 Å². The Morgan fingerprint density at radius 3 is 2.75 bits per heavy atom. The molecule has 1 aromatic carbocycles. The molecule has 1 aliphatic rings. The number of anilines is 2. The number of para-hydroxylation sites is 1. The Balaban J connectivity index is 1.57. The van der Waals surface area contributed by atoms with E-state index in [1.165, 1.54) is 4.90 Å². The Labute approximate surface area is 163 Å². The van der Waals surface area contributed by atoms with Crippen molar-refractivity contribution in [2.45, 2.75) is 12.5 Å². The first-order valence-electron chi connectivity index (χ1n) is 8.97. The number of aromatic nitrogens is 2. The van der Waals surface area contributed by atoms with Crippen molar-refractivity contribution in [3.8, 4) is 0 Å². The average molecular weight is 396 g/mol. The van der Waals surface area contributed by atoms with Gasteiger partial charge in [-0.15, -0.1) is 0 Å². The topological polar surface area (TPSA) is 92.3 Å². The van der Waals surface area contributed by atoms with Gasteiger partial charge in [-0.2, -0.15) is 0 Å². The van der Waals surface area contributed by atoms with Gasteiger partial charge in [-0.3, -0.25) is 14.8 Å². The van der Waals surface area contributed by atoms with Gasteiger partial charge in [0, 0.05) is 36.6 Å². The quantitative estimate of drug-likeness (QED) is 0.729. The number of rotatable bonds is 4. The third-order valence-electron chi connectivity index (χ3n) is 4.97. The number of hydrogen-bond acceptors (Lipinski definition) is 6. The third kappa shape index (κ3) is 3.68. The molecule has 1 saturated heterocycles. The summed E-state index contributed by atoms with van der Waals surface area (Å²) in [4.78, 5) is 22.9. The highest BCUT2D eigenvalue weighted by molar-refractivity contribution is 7.91. The maximum absolute atomic E-state index is 12.8. The van der Waals surface area contributed by atoms with Crippen molar-refractivity contribution >= 4 is 38.0 Å². The van der Waals surface area contributed by atoms with Crippen molar-refractivity contribution in [1.82, 2.24) is 14.9 Å². The second-order valence-corrected chi connectivity index (χ2v) is 9.14. The van der Waals surface area contributed by atoms with E-state index in [1.54, 1.807) is 31.6 Å². The van der Waals surface area contributed by atoms with Gasteiger partial charge in [0.25, 0.3) is 5.91 Å². The van der Waals surface area contributed by atoms with Crippen LogP contribution in [-0.4, -0.2) is 53.8 Å². The largest absolute Gasteiger partial charge is 0.354 e. The number of hydrogen-bond donors (Lipinski definition) is 1. The van der Waals surface area contributed by atoms with Gasteiger partial charge >= 0.3 is 0 Å². The van der Waals surface area contributed by atoms with Crippen LogP contribution in [0.3, 0.4) is 0 Å².